The number of hydrogen-bond donors (Lipinski definition) is 0. The second-order valence-electron chi connectivity index (χ2n) is 3.55. The van der Waals surface area contributed by atoms with Gasteiger partial charge in [-0.2, -0.15) is 0 Å². The highest BCUT2D eigenvalue weighted by Gasteiger charge is 2.13. The molecule has 0 aliphatic heterocycles. The quantitative estimate of drug-likeness (QED) is 0.718. The summed E-state index contributed by atoms with van der Waals surface area (Å²) >= 11 is 0. The van der Waals surface area contributed by atoms with Crippen molar-refractivity contribution in [2.45, 2.75) is 20.8 Å². The van der Waals surface area contributed by atoms with Gasteiger partial charge in [0.1, 0.15) is 0 Å². The van der Waals surface area contributed by atoms with E-state index in [1.807, 2.05) is 20.0 Å². The molecule has 0 bridgehead atoms. The van der Waals surface area contributed by atoms with Crippen LogP contribution in [-0.4, -0.2) is 26.9 Å². The van der Waals surface area contributed by atoms with E-state index in [1.54, 1.807) is 17.5 Å². The van der Waals surface area contributed by atoms with E-state index in [1.165, 1.54) is 0 Å². The Bertz CT molecular complexity index is 545. The maximum atomic E-state index is 11.5. The number of carbonyl (C=O) groups excluding carboxylic acids is 1. The van der Waals surface area contributed by atoms with Crippen molar-refractivity contribution in [3.05, 3.63) is 29.5 Å². The van der Waals surface area contributed by atoms with Gasteiger partial charge in [-0.1, -0.05) is 0 Å². The zero-order chi connectivity index (χ0) is 11.7. The molecule has 0 aromatic carbocycles. The van der Waals surface area contributed by atoms with E-state index in [2.05, 4.69) is 9.97 Å². The van der Waals surface area contributed by atoms with E-state index in [9.17, 15) is 4.79 Å². The summed E-state index contributed by atoms with van der Waals surface area (Å²) in [7, 11) is 0. The second kappa shape index (κ2) is 3.92. The van der Waals surface area contributed by atoms with Gasteiger partial charge in [0.2, 0.25) is 0 Å². The standard InChI is InChI=1S/C11H13N3O2/c1-4-16-11(15)9-6-14-5-7(2)12-8(3)10(14)13-9/h5-6H,4H2,1-3H3. The zero-order valence-corrected chi connectivity index (χ0v) is 9.52. The summed E-state index contributed by atoms with van der Waals surface area (Å²) in [5.74, 6) is -0.400. The fourth-order valence-electron chi connectivity index (χ4n) is 1.61. The van der Waals surface area contributed by atoms with Crippen LogP contribution in [0.4, 0.5) is 0 Å². The SMILES string of the molecule is CCOC(=O)c1cn2cc(C)nc(C)c2n1. The molecule has 0 radical (unpaired) electrons. The normalized spacial score (nSPS) is 10.7. The first-order valence-corrected chi connectivity index (χ1v) is 5.12. The molecule has 84 valence electrons. The van der Waals surface area contributed by atoms with Crippen molar-refractivity contribution in [1.82, 2.24) is 14.4 Å². The van der Waals surface area contributed by atoms with Crippen LogP contribution >= 0.6 is 0 Å². The number of fused-ring (bicyclic) bond motifs is 1. The molecule has 16 heavy (non-hydrogen) atoms. The molecule has 0 atom stereocenters. The fourth-order valence-corrected chi connectivity index (χ4v) is 1.61. The van der Waals surface area contributed by atoms with Crippen LogP contribution in [0.3, 0.4) is 0 Å². The maximum Gasteiger partial charge on any atom is 0.358 e. The minimum absolute atomic E-state index is 0.317. The summed E-state index contributed by atoms with van der Waals surface area (Å²) in [6, 6.07) is 0. The minimum atomic E-state index is -0.400. The fraction of sp³-hybridized carbons (Fsp3) is 0.364. The van der Waals surface area contributed by atoms with Crippen molar-refractivity contribution in [1.29, 1.82) is 0 Å². The summed E-state index contributed by atoms with van der Waals surface area (Å²) < 4.78 is 6.69. The van der Waals surface area contributed by atoms with Crippen molar-refractivity contribution in [2.75, 3.05) is 6.61 Å². The van der Waals surface area contributed by atoms with Gasteiger partial charge in [0.25, 0.3) is 0 Å². The number of aryl methyl sites for hydroxylation is 2. The van der Waals surface area contributed by atoms with Crippen molar-refractivity contribution in [3.8, 4) is 0 Å². The molecule has 0 aliphatic rings. The monoisotopic (exact) mass is 219 g/mol. The lowest BCUT2D eigenvalue weighted by Crippen LogP contribution is -2.04. The van der Waals surface area contributed by atoms with E-state index >= 15 is 0 Å². The van der Waals surface area contributed by atoms with E-state index in [0.717, 1.165) is 11.4 Å². The predicted octanol–water partition coefficient (Wildman–Crippen LogP) is 1.52. The average Bonchev–Trinajstić information content (AvgIpc) is 2.62. The highest BCUT2D eigenvalue weighted by molar-refractivity contribution is 5.88. The second-order valence-corrected chi connectivity index (χ2v) is 3.55. The number of imidazole rings is 1. The minimum Gasteiger partial charge on any atom is -0.461 e. The first-order valence-electron chi connectivity index (χ1n) is 5.12. The van der Waals surface area contributed by atoms with Gasteiger partial charge in [0, 0.05) is 12.4 Å². The number of hydrogen-bond acceptors (Lipinski definition) is 4. The molecular weight excluding hydrogens is 206 g/mol. The molecule has 0 unspecified atom stereocenters. The van der Waals surface area contributed by atoms with Gasteiger partial charge in [-0.25, -0.2) is 9.78 Å². The van der Waals surface area contributed by atoms with Gasteiger partial charge in [-0.05, 0) is 20.8 Å². The summed E-state index contributed by atoms with van der Waals surface area (Å²) in [4.78, 5) is 20.0. The largest absolute Gasteiger partial charge is 0.461 e. The van der Waals surface area contributed by atoms with E-state index in [-0.39, 0.29) is 0 Å². The Hall–Kier alpha value is -1.91. The molecule has 2 rings (SSSR count). The van der Waals surface area contributed by atoms with Crippen molar-refractivity contribution in [3.63, 3.8) is 0 Å². The van der Waals surface area contributed by atoms with Gasteiger partial charge in [-0.3, -0.25) is 4.98 Å². The molecular formula is C11H13N3O2. The van der Waals surface area contributed by atoms with Crippen LogP contribution < -0.4 is 0 Å². The molecule has 2 aromatic heterocycles. The summed E-state index contributed by atoms with van der Waals surface area (Å²) in [6.07, 6.45) is 3.49. The summed E-state index contributed by atoms with van der Waals surface area (Å²) in [5.41, 5.74) is 2.69. The number of rotatable bonds is 2. The Morgan fingerprint density at radius 2 is 2.12 bits per heavy atom. The topological polar surface area (TPSA) is 56.5 Å². The van der Waals surface area contributed by atoms with Crippen LogP contribution in [0.15, 0.2) is 12.4 Å². The van der Waals surface area contributed by atoms with Crippen LogP contribution in [0, 0.1) is 13.8 Å². The maximum absolute atomic E-state index is 11.5. The number of carbonyl (C=O) groups is 1. The van der Waals surface area contributed by atoms with Crippen LogP contribution in [0.1, 0.15) is 28.8 Å². The van der Waals surface area contributed by atoms with Crippen LogP contribution in [0.5, 0.6) is 0 Å². The first kappa shape index (κ1) is 10.6. The molecule has 2 heterocycles. The number of aromatic nitrogens is 3. The third kappa shape index (κ3) is 1.76. The molecule has 0 saturated heterocycles. The average molecular weight is 219 g/mol. The number of ether oxygens (including phenoxy) is 1. The van der Waals surface area contributed by atoms with Crippen molar-refractivity contribution >= 4 is 11.6 Å². The Labute approximate surface area is 93.1 Å². The van der Waals surface area contributed by atoms with Gasteiger partial charge in [-0.15, -0.1) is 0 Å². The third-order valence-corrected chi connectivity index (χ3v) is 2.21. The summed E-state index contributed by atoms with van der Waals surface area (Å²) in [5, 5.41) is 0. The van der Waals surface area contributed by atoms with Crippen LogP contribution in [-0.2, 0) is 4.74 Å². The van der Waals surface area contributed by atoms with Crippen LogP contribution in [0.25, 0.3) is 5.65 Å². The Kier molecular flexibility index (Phi) is 2.60. The van der Waals surface area contributed by atoms with E-state index in [0.29, 0.717) is 17.9 Å². The Morgan fingerprint density at radius 1 is 1.38 bits per heavy atom. The molecule has 5 nitrogen and oxygen atoms in total. The number of esters is 1. The van der Waals surface area contributed by atoms with Crippen molar-refractivity contribution in [2.24, 2.45) is 0 Å². The molecule has 0 spiro atoms. The molecule has 0 amide bonds. The molecule has 0 saturated carbocycles. The lowest BCUT2D eigenvalue weighted by atomic mass is 10.4. The lowest BCUT2D eigenvalue weighted by Gasteiger charge is -1.97. The third-order valence-electron chi connectivity index (χ3n) is 2.21. The smallest absolute Gasteiger partial charge is 0.358 e. The van der Waals surface area contributed by atoms with Gasteiger partial charge in [0.05, 0.1) is 18.0 Å². The zero-order valence-electron chi connectivity index (χ0n) is 9.52. The van der Waals surface area contributed by atoms with E-state index in [4.69, 9.17) is 4.74 Å². The van der Waals surface area contributed by atoms with E-state index < -0.39 is 5.97 Å². The molecule has 0 aliphatic carbocycles. The Balaban J connectivity index is 2.51. The first-order chi connectivity index (χ1) is 7.61. The lowest BCUT2D eigenvalue weighted by molar-refractivity contribution is 0.0520. The highest BCUT2D eigenvalue weighted by atomic mass is 16.5. The molecule has 0 N–H and O–H groups in total. The molecule has 5 heteroatoms. The van der Waals surface area contributed by atoms with Gasteiger partial charge in [0.15, 0.2) is 11.3 Å². The van der Waals surface area contributed by atoms with Crippen LogP contribution in [0.2, 0.25) is 0 Å². The molecule has 0 fully saturated rings. The summed E-state index contributed by atoms with van der Waals surface area (Å²) in [6.45, 7) is 5.88. The Morgan fingerprint density at radius 3 is 2.81 bits per heavy atom. The number of nitrogens with zero attached hydrogens (tertiary/aromatic N) is 3. The van der Waals surface area contributed by atoms with Crippen molar-refractivity contribution < 1.29 is 9.53 Å². The predicted molar refractivity (Wildman–Crippen MR) is 58.4 cm³/mol. The molecule has 2 aromatic rings. The highest BCUT2D eigenvalue weighted by Crippen LogP contribution is 2.10. The van der Waals surface area contributed by atoms with Gasteiger partial charge < -0.3 is 9.14 Å². The van der Waals surface area contributed by atoms with Gasteiger partial charge >= 0.3 is 5.97 Å².